The molecule has 0 unspecified atom stereocenters. The second-order valence-electron chi connectivity index (χ2n) is 8.05. The summed E-state index contributed by atoms with van der Waals surface area (Å²) in [7, 11) is 0. The highest BCUT2D eigenvalue weighted by molar-refractivity contribution is 9.10. The lowest BCUT2D eigenvalue weighted by molar-refractivity contribution is -0.117. The molecule has 1 saturated carbocycles. The molecule has 1 fully saturated rings. The minimum absolute atomic E-state index is 0.0451. The number of hydrogen-bond donors (Lipinski definition) is 2. The van der Waals surface area contributed by atoms with Crippen LogP contribution in [0.2, 0.25) is 10.0 Å². The zero-order valence-electron chi connectivity index (χ0n) is 17.5. The molecule has 1 amide bonds. The van der Waals surface area contributed by atoms with Crippen molar-refractivity contribution >= 4 is 85.4 Å². The molecule has 0 aromatic heterocycles. The molecule has 1 aliphatic carbocycles. The number of carbonyl (C=O) groups is 2. The van der Waals surface area contributed by atoms with E-state index >= 15 is 0 Å². The van der Waals surface area contributed by atoms with Crippen molar-refractivity contribution in [3.8, 4) is 0 Å². The number of halogens is 7. The van der Waals surface area contributed by atoms with Gasteiger partial charge in [0.05, 0.1) is 21.7 Å². The molecule has 0 saturated heterocycles. The third-order valence-corrected chi connectivity index (χ3v) is 8.17. The van der Waals surface area contributed by atoms with Gasteiger partial charge in [0.1, 0.15) is 16.0 Å². The number of anilines is 2. The summed E-state index contributed by atoms with van der Waals surface area (Å²) in [4.78, 5) is 25.8. The lowest BCUT2D eigenvalue weighted by Crippen LogP contribution is -2.17. The predicted molar refractivity (Wildman–Crippen MR) is 139 cm³/mol. The van der Waals surface area contributed by atoms with Crippen molar-refractivity contribution in [1.82, 2.24) is 0 Å². The first-order valence-corrected chi connectivity index (χ1v) is 12.4. The lowest BCUT2D eigenvalue weighted by Gasteiger charge is -2.10. The second kappa shape index (κ2) is 9.87. The fourth-order valence-electron chi connectivity index (χ4n) is 3.83. The van der Waals surface area contributed by atoms with Crippen LogP contribution in [0.25, 0.3) is 0 Å². The van der Waals surface area contributed by atoms with Crippen LogP contribution >= 0.6 is 62.3 Å². The van der Waals surface area contributed by atoms with Crippen LogP contribution < -0.4 is 11.1 Å². The van der Waals surface area contributed by atoms with E-state index in [4.69, 9.17) is 52.1 Å². The van der Waals surface area contributed by atoms with Crippen LogP contribution in [-0.4, -0.2) is 16.0 Å². The molecule has 0 bridgehead atoms. The molecule has 3 aromatic carbocycles. The molecule has 0 heterocycles. The molecule has 0 aliphatic heterocycles. The van der Waals surface area contributed by atoms with Crippen molar-refractivity contribution in [2.75, 3.05) is 11.1 Å². The number of ketones is 1. The van der Waals surface area contributed by atoms with Crippen molar-refractivity contribution in [1.29, 1.82) is 0 Å². The van der Waals surface area contributed by atoms with E-state index in [1.807, 2.05) is 0 Å². The Kier molecular flexibility index (Phi) is 7.38. The average molecular weight is 623 g/mol. The molecule has 4 nitrogen and oxygen atoms in total. The first kappa shape index (κ1) is 26.2. The molecule has 11 heteroatoms. The Hall–Kier alpha value is -1.90. The van der Waals surface area contributed by atoms with E-state index in [0.29, 0.717) is 15.6 Å². The SMILES string of the molecule is Nc1cc(CC(=O)c2cc(NC(=O)[C@H]3[C@H](c4ccc(Cl)c(Br)c4)C3(Cl)Cl)ccc2Cl)c(F)cc1F. The summed E-state index contributed by atoms with van der Waals surface area (Å²) in [6.07, 6.45) is -0.407. The first-order chi connectivity index (χ1) is 16.4. The summed E-state index contributed by atoms with van der Waals surface area (Å²) >= 11 is 28.4. The van der Waals surface area contributed by atoms with Crippen LogP contribution in [0.5, 0.6) is 0 Å². The van der Waals surface area contributed by atoms with Gasteiger partial charge in [-0.1, -0.05) is 29.3 Å². The van der Waals surface area contributed by atoms with Crippen molar-refractivity contribution in [2.45, 2.75) is 16.7 Å². The van der Waals surface area contributed by atoms with Gasteiger partial charge >= 0.3 is 0 Å². The summed E-state index contributed by atoms with van der Waals surface area (Å²) in [5.74, 6) is -4.05. The zero-order chi connectivity index (χ0) is 25.7. The molecule has 0 spiro atoms. The zero-order valence-corrected chi connectivity index (χ0v) is 22.1. The molecule has 35 heavy (non-hydrogen) atoms. The van der Waals surface area contributed by atoms with E-state index in [-0.39, 0.29) is 27.5 Å². The highest BCUT2D eigenvalue weighted by Crippen LogP contribution is 2.65. The molecule has 3 N–H and O–H groups in total. The molecule has 2 atom stereocenters. The molecular weight excluding hydrogens is 608 g/mol. The van der Waals surface area contributed by atoms with Gasteiger partial charge in [-0.2, -0.15) is 0 Å². The number of nitrogens with two attached hydrogens (primary N) is 1. The Balaban J connectivity index is 1.52. The number of carbonyl (C=O) groups excluding carboxylic acids is 2. The summed E-state index contributed by atoms with van der Waals surface area (Å²) in [5.41, 5.74) is 6.17. The number of alkyl halides is 2. The largest absolute Gasteiger partial charge is 0.396 e. The van der Waals surface area contributed by atoms with Gasteiger partial charge in [-0.3, -0.25) is 9.59 Å². The maximum absolute atomic E-state index is 14.1. The van der Waals surface area contributed by atoms with Crippen LogP contribution in [0.1, 0.15) is 27.4 Å². The van der Waals surface area contributed by atoms with E-state index in [1.165, 1.54) is 18.2 Å². The van der Waals surface area contributed by atoms with Gasteiger partial charge in [-0.25, -0.2) is 8.78 Å². The van der Waals surface area contributed by atoms with Gasteiger partial charge in [0.2, 0.25) is 5.91 Å². The number of nitrogen functional groups attached to an aromatic ring is 1. The van der Waals surface area contributed by atoms with Crippen molar-refractivity contribution < 1.29 is 18.4 Å². The number of nitrogens with one attached hydrogen (secondary N) is 1. The predicted octanol–water partition coefficient (Wildman–Crippen LogP) is 7.57. The Morgan fingerprint density at radius 2 is 1.69 bits per heavy atom. The van der Waals surface area contributed by atoms with Gasteiger partial charge in [0.15, 0.2) is 5.78 Å². The second-order valence-corrected chi connectivity index (χ2v) is 11.2. The minimum Gasteiger partial charge on any atom is -0.396 e. The highest BCUT2D eigenvalue weighted by Gasteiger charge is 2.67. The number of Topliss-reactive ketones (excluding diaryl/α,β-unsaturated/α-hetero) is 1. The average Bonchev–Trinajstić information content (AvgIpc) is 3.37. The summed E-state index contributed by atoms with van der Waals surface area (Å²) < 4.78 is 26.8. The Morgan fingerprint density at radius 3 is 2.37 bits per heavy atom. The third kappa shape index (κ3) is 5.30. The van der Waals surface area contributed by atoms with Crippen LogP contribution in [-0.2, 0) is 11.2 Å². The topological polar surface area (TPSA) is 72.2 Å². The molecule has 3 aromatic rings. The summed E-state index contributed by atoms with van der Waals surface area (Å²) in [5, 5.41) is 3.31. The van der Waals surface area contributed by atoms with Crippen LogP contribution in [0.3, 0.4) is 0 Å². The third-order valence-electron chi connectivity index (χ3n) is 5.69. The quantitative estimate of drug-likeness (QED) is 0.169. The molecule has 1 aliphatic rings. The van der Waals surface area contributed by atoms with Crippen LogP contribution in [0.4, 0.5) is 20.2 Å². The van der Waals surface area contributed by atoms with Crippen molar-refractivity contribution in [3.63, 3.8) is 0 Å². The van der Waals surface area contributed by atoms with Gasteiger partial charge in [0, 0.05) is 34.1 Å². The standard InChI is InChI=1S/C24H15BrCl4F2N2O2/c25-14-5-10(1-3-16(14)27)21-22(24(21,28)29)23(35)33-12-2-4-15(26)13(8-12)20(34)7-11-6-19(32)18(31)9-17(11)30/h1-6,8-9,21-22H,7,32H2,(H,33,35)/t21-,22+/m0/s1. The summed E-state index contributed by atoms with van der Waals surface area (Å²) in [6.45, 7) is 0. The molecule has 4 rings (SSSR count). The first-order valence-electron chi connectivity index (χ1n) is 10.1. The monoisotopic (exact) mass is 620 g/mol. The van der Waals surface area contributed by atoms with E-state index in [2.05, 4.69) is 21.2 Å². The van der Waals surface area contributed by atoms with Crippen molar-refractivity contribution in [2.24, 2.45) is 5.92 Å². The maximum Gasteiger partial charge on any atom is 0.231 e. The van der Waals surface area contributed by atoms with E-state index in [1.54, 1.807) is 18.2 Å². The Morgan fingerprint density at radius 1 is 1.00 bits per heavy atom. The van der Waals surface area contributed by atoms with Gasteiger partial charge in [-0.05, 0) is 63.5 Å². The lowest BCUT2D eigenvalue weighted by atomic mass is 10.0. The number of rotatable bonds is 6. The number of benzene rings is 3. The van der Waals surface area contributed by atoms with Crippen molar-refractivity contribution in [3.05, 3.63) is 91.4 Å². The van der Waals surface area contributed by atoms with E-state index in [0.717, 1.165) is 11.6 Å². The fourth-order valence-corrected chi connectivity index (χ4v) is 5.39. The maximum atomic E-state index is 14.1. The smallest absolute Gasteiger partial charge is 0.231 e. The van der Waals surface area contributed by atoms with Gasteiger partial charge in [-0.15, -0.1) is 23.2 Å². The molecule has 0 radical (unpaired) electrons. The number of amides is 1. The summed E-state index contributed by atoms with van der Waals surface area (Å²) in [6, 6.07) is 11.1. The van der Waals surface area contributed by atoms with Crippen LogP contribution in [0.15, 0.2) is 53.0 Å². The normalized spacial score (nSPS) is 18.3. The van der Waals surface area contributed by atoms with E-state index in [9.17, 15) is 18.4 Å². The Bertz CT molecular complexity index is 1370. The van der Waals surface area contributed by atoms with Gasteiger partial charge in [0.25, 0.3) is 0 Å². The fraction of sp³-hybridized carbons (Fsp3) is 0.167. The molecular formula is C24H15BrCl4F2N2O2. The van der Waals surface area contributed by atoms with Gasteiger partial charge < -0.3 is 11.1 Å². The minimum atomic E-state index is -1.33. The Labute approximate surface area is 227 Å². The van der Waals surface area contributed by atoms with Crippen LogP contribution in [0, 0.1) is 17.6 Å². The number of hydrogen-bond acceptors (Lipinski definition) is 3. The molecule has 182 valence electrons. The highest BCUT2D eigenvalue weighted by atomic mass is 79.9. The van der Waals surface area contributed by atoms with E-state index < -0.39 is 45.9 Å².